The molecule has 0 spiro atoms. The molecule has 1 fully saturated rings. The standard InChI is InChI=1S/C23H27N3O3.C4F6O2/c1-14-9-16(3-4-18(14)23(27)28-2)25-17-10-15-13-29-8-7-26-21-5-6-24-12-20(21)19(11-17)22(15)26;5-3(6,7)1(11)2(12)4(8,9)10/h3-4,9-11,20-21,24-25H,5-8,12-13H2,1-2H3;/t20-,21-;/m0./s1. The molecule has 3 heterocycles. The minimum atomic E-state index is -5.77. The summed E-state index contributed by atoms with van der Waals surface area (Å²) in [5.41, 5.74) is 7.61. The van der Waals surface area contributed by atoms with Crippen LogP contribution in [0.2, 0.25) is 0 Å². The number of esters is 1. The van der Waals surface area contributed by atoms with Crippen LogP contribution in [0.5, 0.6) is 0 Å². The van der Waals surface area contributed by atoms with Crippen molar-refractivity contribution in [1.29, 1.82) is 0 Å². The smallest absolute Gasteiger partial charge is 0.458 e. The Hall–Kier alpha value is -3.65. The first-order chi connectivity index (χ1) is 19.2. The summed E-state index contributed by atoms with van der Waals surface area (Å²) in [5, 5.41) is 7.12. The van der Waals surface area contributed by atoms with Gasteiger partial charge in [0.2, 0.25) is 0 Å². The number of aryl methyl sites for hydroxylation is 1. The van der Waals surface area contributed by atoms with Gasteiger partial charge in [0.1, 0.15) is 0 Å². The second-order valence-corrected chi connectivity index (χ2v) is 9.79. The van der Waals surface area contributed by atoms with Gasteiger partial charge >= 0.3 is 29.9 Å². The number of alkyl halides is 6. The molecule has 1 saturated heterocycles. The largest absolute Gasteiger partial charge is 0.465 e. The van der Waals surface area contributed by atoms with E-state index in [2.05, 4.69) is 27.7 Å². The number of halogens is 6. The van der Waals surface area contributed by atoms with E-state index in [-0.39, 0.29) is 5.97 Å². The zero-order valence-electron chi connectivity index (χ0n) is 22.0. The average molecular weight is 588 g/mol. The molecule has 2 N–H and O–H groups in total. The van der Waals surface area contributed by atoms with E-state index in [0.717, 1.165) is 43.2 Å². The predicted molar refractivity (Wildman–Crippen MR) is 135 cm³/mol. The van der Waals surface area contributed by atoms with Crippen LogP contribution in [0.4, 0.5) is 43.4 Å². The van der Waals surface area contributed by atoms with Gasteiger partial charge in [-0.25, -0.2) is 4.79 Å². The molecule has 0 aromatic heterocycles. The first-order valence-corrected chi connectivity index (χ1v) is 12.6. The van der Waals surface area contributed by atoms with Crippen LogP contribution in [-0.4, -0.2) is 69.3 Å². The van der Waals surface area contributed by atoms with Crippen molar-refractivity contribution in [2.45, 2.75) is 44.3 Å². The Kier molecular flexibility index (Phi) is 8.64. The molecule has 2 atom stereocenters. The molecular weight excluding hydrogens is 560 g/mol. The number of hydrogen-bond donors (Lipinski definition) is 2. The van der Waals surface area contributed by atoms with Gasteiger partial charge in [0.25, 0.3) is 0 Å². The number of hydrogen-bond acceptors (Lipinski definition) is 8. The Balaban J connectivity index is 0.000000275. The molecule has 2 aromatic rings. The zero-order valence-corrected chi connectivity index (χ0v) is 22.0. The third-order valence-corrected chi connectivity index (χ3v) is 7.13. The van der Waals surface area contributed by atoms with Crippen LogP contribution in [0.15, 0.2) is 30.3 Å². The number of nitrogens with zero attached hydrogens (tertiary/aromatic N) is 1. The third kappa shape index (κ3) is 6.48. The Bertz CT molecular complexity index is 1320. The minimum Gasteiger partial charge on any atom is -0.465 e. The maximum absolute atomic E-state index is 11.9. The lowest BCUT2D eigenvalue weighted by Gasteiger charge is -2.33. The van der Waals surface area contributed by atoms with Crippen molar-refractivity contribution in [2.24, 2.45) is 0 Å². The van der Waals surface area contributed by atoms with Crippen molar-refractivity contribution >= 4 is 34.6 Å². The van der Waals surface area contributed by atoms with Crippen molar-refractivity contribution in [3.8, 4) is 0 Å². The first-order valence-electron chi connectivity index (χ1n) is 12.6. The van der Waals surface area contributed by atoms with E-state index in [1.165, 1.54) is 30.3 Å². The maximum Gasteiger partial charge on any atom is 0.458 e. The summed E-state index contributed by atoms with van der Waals surface area (Å²) < 4.78 is 77.7. The Labute approximate surface area is 231 Å². The number of ketones is 2. The number of piperidine rings is 1. The van der Waals surface area contributed by atoms with E-state index >= 15 is 0 Å². The Morgan fingerprint density at radius 1 is 1.02 bits per heavy atom. The number of nitrogens with one attached hydrogen (secondary N) is 2. The van der Waals surface area contributed by atoms with E-state index in [4.69, 9.17) is 9.47 Å². The van der Waals surface area contributed by atoms with Crippen molar-refractivity contribution in [3.05, 3.63) is 52.6 Å². The Morgan fingerprint density at radius 3 is 2.32 bits per heavy atom. The molecule has 222 valence electrons. The van der Waals surface area contributed by atoms with Crippen LogP contribution >= 0.6 is 0 Å². The van der Waals surface area contributed by atoms with Gasteiger partial charge in [-0.2, -0.15) is 26.3 Å². The van der Waals surface area contributed by atoms with Gasteiger partial charge in [0.05, 0.1) is 25.9 Å². The van der Waals surface area contributed by atoms with Crippen LogP contribution in [0, 0.1) is 6.92 Å². The molecule has 0 unspecified atom stereocenters. The predicted octanol–water partition coefficient (Wildman–Crippen LogP) is 4.57. The van der Waals surface area contributed by atoms with Crippen molar-refractivity contribution in [2.75, 3.05) is 43.6 Å². The van der Waals surface area contributed by atoms with E-state index < -0.39 is 23.9 Å². The molecule has 3 aliphatic rings. The molecule has 0 bridgehead atoms. The summed E-state index contributed by atoms with van der Waals surface area (Å²) >= 11 is 0. The second kappa shape index (κ2) is 11.7. The SMILES string of the molecule is COC(=O)c1ccc(Nc2cc3c4c(c2)[C@@H]2CNCC[C@@H]2N4CCOC3)cc1C.O=C(C(=O)C(F)(F)F)C(F)(F)F. The highest BCUT2D eigenvalue weighted by Gasteiger charge is 2.54. The van der Waals surface area contributed by atoms with Crippen molar-refractivity contribution in [1.82, 2.24) is 5.32 Å². The molecule has 3 aliphatic heterocycles. The van der Waals surface area contributed by atoms with E-state index in [9.17, 15) is 40.7 Å². The summed E-state index contributed by atoms with van der Waals surface area (Å²) in [6.07, 6.45) is -10.4. The molecule has 41 heavy (non-hydrogen) atoms. The molecule has 0 aliphatic carbocycles. The van der Waals surface area contributed by atoms with Crippen molar-refractivity contribution in [3.63, 3.8) is 0 Å². The number of Topliss-reactive ketones (excluding diaryl/α,β-unsaturated/α-hetero) is 2. The molecule has 2 aromatic carbocycles. The lowest BCUT2D eigenvalue weighted by atomic mass is 9.89. The van der Waals surface area contributed by atoms with Crippen molar-refractivity contribution < 1.29 is 50.2 Å². The number of carbonyl (C=O) groups is 3. The number of anilines is 3. The normalized spacial score (nSPS) is 19.7. The van der Waals surface area contributed by atoms with E-state index in [1.54, 1.807) is 0 Å². The molecule has 8 nitrogen and oxygen atoms in total. The molecule has 0 amide bonds. The lowest BCUT2D eigenvalue weighted by molar-refractivity contribution is -0.193. The number of carbonyl (C=O) groups excluding carboxylic acids is 3. The monoisotopic (exact) mass is 587 g/mol. The van der Waals surface area contributed by atoms with Gasteiger partial charge in [-0.1, -0.05) is 0 Å². The molecule has 5 rings (SSSR count). The minimum absolute atomic E-state index is 0.305. The molecule has 14 heteroatoms. The number of rotatable bonds is 4. The summed E-state index contributed by atoms with van der Waals surface area (Å²) in [6.45, 7) is 6.45. The van der Waals surface area contributed by atoms with Gasteiger partial charge in [-0.15, -0.1) is 0 Å². The first kappa shape index (κ1) is 30.3. The molecule has 0 saturated carbocycles. The highest BCUT2D eigenvalue weighted by molar-refractivity contribution is 6.41. The summed E-state index contributed by atoms with van der Waals surface area (Å²) in [6, 6.07) is 10.8. The number of benzene rings is 2. The van der Waals surface area contributed by atoms with Crippen LogP contribution in [-0.2, 0) is 25.7 Å². The van der Waals surface area contributed by atoms with E-state index in [1.807, 2.05) is 25.1 Å². The zero-order chi connectivity index (χ0) is 30.1. The molecule has 0 radical (unpaired) electrons. The van der Waals surface area contributed by atoms with Gasteiger partial charge in [-0.3, -0.25) is 9.59 Å². The second-order valence-electron chi connectivity index (χ2n) is 9.79. The summed E-state index contributed by atoms with van der Waals surface area (Å²) in [4.78, 5) is 33.7. The fraction of sp³-hybridized carbons (Fsp3) is 0.444. The highest BCUT2D eigenvalue weighted by atomic mass is 19.4. The Morgan fingerprint density at radius 2 is 1.71 bits per heavy atom. The van der Waals surface area contributed by atoms with Gasteiger partial charge < -0.3 is 25.0 Å². The third-order valence-electron chi connectivity index (χ3n) is 7.13. The van der Waals surface area contributed by atoms with Crippen LogP contribution in [0.3, 0.4) is 0 Å². The maximum atomic E-state index is 11.9. The van der Waals surface area contributed by atoms with Crippen LogP contribution in [0.25, 0.3) is 0 Å². The highest BCUT2D eigenvalue weighted by Crippen LogP contribution is 2.47. The topological polar surface area (TPSA) is 97.0 Å². The van der Waals surface area contributed by atoms with Crippen LogP contribution < -0.4 is 15.5 Å². The number of ether oxygens (including phenoxy) is 2. The van der Waals surface area contributed by atoms with Gasteiger partial charge in [0.15, 0.2) is 0 Å². The summed E-state index contributed by atoms with van der Waals surface area (Å²) in [5.74, 6) is -6.59. The fourth-order valence-electron chi connectivity index (χ4n) is 5.36. The quantitative estimate of drug-likeness (QED) is 0.305. The summed E-state index contributed by atoms with van der Waals surface area (Å²) in [7, 11) is 1.41. The average Bonchev–Trinajstić information content (AvgIpc) is 3.06. The molecular formula is C27H27F6N3O5. The lowest BCUT2D eigenvalue weighted by Crippen LogP contribution is -2.44. The number of fused-ring (bicyclic) bond motifs is 3. The van der Waals surface area contributed by atoms with Gasteiger partial charge in [-0.05, 0) is 61.3 Å². The van der Waals surface area contributed by atoms with Crippen LogP contribution in [0.1, 0.15) is 39.4 Å². The number of methoxy groups -OCH3 is 1. The van der Waals surface area contributed by atoms with Gasteiger partial charge in [0, 0.05) is 47.7 Å². The fourth-order valence-corrected chi connectivity index (χ4v) is 5.36. The van der Waals surface area contributed by atoms with E-state index in [0.29, 0.717) is 24.1 Å².